The number of ether oxygens (including phenoxy) is 1. The average molecular weight is 356 g/mol. The van der Waals surface area contributed by atoms with Gasteiger partial charge in [-0.1, -0.05) is 18.2 Å². The van der Waals surface area contributed by atoms with Crippen molar-refractivity contribution in [3.05, 3.63) is 59.7 Å². The van der Waals surface area contributed by atoms with Crippen molar-refractivity contribution in [3.63, 3.8) is 0 Å². The van der Waals surface area contributed by atoms with Crippen LogP contribution in [0.5, 0.6) is 5.75 Å². The number of amides is 1. The topological polar surface area (TPSA) is 62.7 Å². The third kappa shape index (κ3) is 2.65. The SMILES string of the molecule is COc1ccccc1C(=O)N1[C@@H]2CC[C@H]1CC(O)(c1cccnc1F)C2. The fraction of sp³-hybridized carbons (Fsp3) is 0.400. The van der Waals surface area contributed by atoms with Crippen molar-refractivity contribution in [3.8, 4) is 5.75 Å². The number of carbonyl (C=O) groups excluding carboxylic acids is 1. The predicted molar refractivity (Wildman–Crippen MR) is 93.3 cm³/mol. The molecule has 2 aromatic rings. The van der Waals surface area contributed by atoms with Crippen LogP contribution in [0.25, 0.3) is 0 Å². The molecule has 0 aliphatic carbocycles. The standard InChI is InChI=1S/C20H21FN2O3/c1-26-17-7-3-2-5-15(17)19(24)23-13-8-9-14(23)12-20(25,11-13)16-6-4-10-22-18(16)21/h2-7,10,13-14,25H,8-9,11-12H2,1H3/t13-,14+,20?. The number of methoxy groups -OCH3 is 1. The first-order valence-electron chi connectivity index (χ1n) is 8.82. The maximum atomic E-state index is 14.1. The molecule has 1 aromatic heterocycles. The zero-order chi connectivity index (χ0) is 18.3. The number of hydrogen-bond acceptors (Lipinski definition) is 4. The van der Waals surface area contributed by atoms with E-state index in [0.717, 1.165) is 12.8 Å². The average Bonchev–Trinajstić information content (AvgIpc) is 2.93. The molecule has 2 aliphatic heterocycles. The number of fused-ring (bicyclic) bond motifs is 2. The number of pyridine rings is 1. The van der Waals surface area contributed by atoms with E-state index in [1.165, 1.54) is 6.20 Å². The van der Waals surface area contributed by atoms with E-state index in [1.54, 1.807) is 31.4 Å². The molecule has 4 rings (SSSR count). The quantitative estimate of drug-likeness (QED) is 0.859. The van der Waals surface area contributed by atoms with E-state index in [9.17, 15) is 14.3 Å². The van der Waals surface area contributed by atoms with Gasteiger partial charge in [-0.25, -0.2) is 4.98 Å². The fourth-order valence-electron chi connectivity index (χ4n) is 4.47. The molecule has 1 unspecified atom stereocenters. The second kappa shape index (κ2) is 6.36. The molecule has 2 fully saturated rings. The first-order chi connectivity index (χ1) is 12.5. The molecule has 136 valence electrons. The molecule has 1 aromatic carbocycles. The number of nitrogens with zero attached hydrogens (tertiary/aromatic N) is 2. The summed E-state index contributed by atoms with van der Waals surface area (Å²) in [4.78, 5) is 18.7. The summed E-state index contributed by atoms with van der Waals surface area (Å²) in [6, 6.07) is 10.1. The molecular formula is C20H21FN2O3. The summed E-state index contributed by atoms with van der Waals surface area (Å²) >= 11 is 0. The number of halogens is 1. The van der Waals surface area contributed by atoms with Crippen molar-refractivity contribution < 1.29 is 19.0 Å². The minimum atomic E-state index is -1.29. The number of para-hydroxylation sites is 1. The molecule has 2 saturated heterocycles. The molecule has 2 aliphatic rings. The summed E-state index contributed by atoms with van der Waals surface area (Å²) in [5, 5.41) is 11.1. The minimum absolute atomic E-state index is 0.0938. The maximum absolute atomic E-state index is 14.1. The van der Waals surface area contributed by atoms with Gasteiger partial charge in [-0.3, -0.25) is 4.79 Å². The van der Waals surface area contributed by atoms with Gasteiger partial charge in [0.25, 0.3) is 5.91 Å². The Morgan fingerprint density at radius 1 is 1.23 bits per heavy atom. The second-order valence-corrected chi connectivity index (χ2v) is 7.08. The van der Waals surface area contributed by atoms with Crippen molar-refractivity contribution in [2.45, 2.75) is 43.4 Å². The highest BCUT2D eigenvalue weighted by molar-refractivity contribution is 5.97. The third-order valence-corrected chi connectivity index (χ3v) is 5.60. The molecule has 2 bridgehead atoms. The lowest BCUT2D eigenvalue weighted by Gasteiger charge is -2.44. The zero-order valence-electron chi connectivity index (χ0n) is 14.6. The molecule has 26 heavy (non-hydrogen) atoms. The van der Waals surface area contributed by atoms with E-state index in [2.05, 4.69) is 4.98 Å². The summed E-state index contributed by atoms with van der Waals surface area (Å²) in [6.45, 7) is 0. The van der Waals surface area contributed by atoms with Crippen LogP contribution in [0, 0.1) is 5.95 Å². The zero-order valence-corrected chi connectivity index (χ0v) is 14.6. The van der Waals surface area contributed by atoms with Gasteiger partial charge in [0.1, 0.15) is 5.75 Å². The van der Waals surface area contributed by atoms with Crippen LogP contribution < -0.4 is 4.74 Å². The van der Waals surface area contributed by atoms with Gasteiger partial charge >= 0.3 is 0 Å². The summed E-state index contributed by atoms with van der Waals surface area (Å²) < 4.78 is 19.5. The minimum Gasteiger partial charge on any atom is -0.496 e. The first-order valence-corrected chi connectivity index (χ1v) is 8.82. The van der Waals surface area contributed by atoms with E-state index < -0.39 is 11.5 Å². The van der Waals surface area contributed by atoms with E-state index >= 15 is 0 Å². The van der Waals surface area contributed by atoms with E-state index in [4.69, 9.17) is 4.74 Å². The molecule has 1 N–H and O–H groups in total. The monoisotopic (exact) mass is 356 g/mol. The summed E-state index contributed by atoms with van der Waals surface area (Å²) in [7, 11) is 1.54. The van der Waals surface area contributed by atoms with Gasteiger partial charge in [-0.05, 0) is 31.0 Å². The highest BCUT2D eigenvalue weighted by Gasteiger charge is 2.51. The van der Waals surface area contributed by atoms with Crippen molar-refractivity contribution >= 4 is 5.91 Å². The van der Waals surface area contributed by atoms with Crippen LogP contribution in [0.1, 0.15) is 41.6 Å². The summed E-state index contributed by atoms with van der Waals surface area (Å²) in [5.41, 5.74) is -0.548. The van der Waals surface area contributed by atoms with Crippen molar-refractivity contribution in [2.75, 3.05) is 7.11 Å². The van der Waals surface area contributed by atoms with Crippen LogP contribution in [0.15, 0.2) is 42.6 Å². The lowest BCUT2D eigenvalue weighted by atomic mass is 9.80. The van der Waals surface area contributed by atoms with Crippen molar-refractivity contribution in [1.29, 1.82) is 0 Å². The fourth-order valence-corrected chi connectivity index (χ4v) is 4.47. The van der Waals surface area contributed by atoms with Gasteiger partial charge in [0.05, 0.1) is 18.3 Å². The number of aromatic nitrogens is 1. The summed E-state index contributed by atoms with van der Waals surface area (Å²) in [5.74, 6) is -0.196. The molecular weight excluding hydrogens is 335 g/mol. The van der Waals surface area contributed by atoms with Crippen molar-refractivity contribution in [2.24, 2.45) is 0 Å². The molecule has 3 heterocycles. The number of hydrogen-bond donors (Lipinski definition) is 1. The Hall–Kier alpha value is -2.47. The molecule has 6 heteroatoms. The molecule has 0 saturated carbocycles. The Labute approximate surface area is 151 Å². The van der Waals surface area contributed by atoms with E-state index in [-0.39, 0.29) is 23.6 Å². The lowest BCUT2D eigenvalue weighted by molar-refractivity contribution is -0.0504. The maximum Gasteiger partial charge on any atom is 0.258 e. The smallest absolute Gasteiger partial charge is 0.258 e. The Balaban J connectivity index is 1.63. The van der Waals surface area contributed by atoms with Crippen LogP contribution in [0.3, 0.4) is 0 Å². The van der Waals surface area contributed by atoms with Gasteiger partial charge in [0.2, 0.25) is 5.95 Å². The number of piperidine rings is 1. The molecule has 0 spiro atoms. The summed E-state index contributed by atoms with van der Waals surface area (Å²) in [6.07, 6.45) is 3.60. The van der Waals surface area contributed by atoms with Gasteiger partial charge < -0.3 is 14.7 Å². The molecule has 5 nitrogen and oxygen atoms in total. The van der Waals surface area contributed by atoms with Crippen LogP contribution in [0.2, 0.25) is 0 Å². The van der Waals surface area contributed by atoms with Crippen LogP contribution in [-0.4, -0.2) is 40.1 Å². The number of benzene rings is 1. The van der Waals surface area contributed by atoms with Crippen LogP contribution in [0.4, 0.5) is 4.39 Å². The predicted octanol–water partition coefficient (Wildman–Crippen LogP) is 2.88. The van der Waals surface area contributed by atoms with Gasteiger partial charge in [0.15, 0.2) is 0 Å². The van der Waals surface area contributed by atoms with Gasteiger partial charge in [-0.2, -0.15) is 4.39 Å². The van der Waals surface area contributed by atoms with Gasteiger partial charge in [-0.15, -0.1) is 0 Å². The molecule has 3 atom stereocenters. The number of rotatable bonds is 3. The Kier molecular flexibility index (Phi) is 4.15. The van der Waals surface area contributed by atoms with E-state index in [1.807, 2.05) is 17.0 Å². The highest BCUT2D eigenvalue weighted by atomic mass is 19.1. The van der Waals surface area contributed by atoms with E-state index in [0.29, 0.717) is 24.2 Å². The molecule has 1 amide bonds. The lowest BCUT2D eigenvalue weighted by Crippen LogP contribution is -2.52. The van der Waals surface area contributed by atoms with Crippen molar-refractivity contribution in [1.82, 2.24) is 9.88 Å². The Bertz CT molecular complexity index is 827. The first kappa shape index (κ1) is 17.0. The number of carbonyl (C=O) groups is 1. The van der Waals surface area contributed by atoms with Crippen LogP contribution in [-0.2, 0) is 5.60 Å². The molecule has 0 radical (unpaired) electrons. The van der Waals surface area contributed by atoms with Crippen LogP contribution >= 0.6 is 0 Å². The van der Waals surface area contributed by atoms with Gasteiger partial charge in [0, 0.05) is 36.7 Å². The Morgan fingerprint density at radius 2 is 1.92 bits per heavy atom. The second-order valence-electron chi connectivity index (χ2n) is 7.08. The highest BCUT2D eigenvalue weighted by Crippen LogP contribution is 2.46. The largest absolute Gasteiger partial charge is 0.496 e. The Morgan fingerprint density at radius 3 is 2.58 bits per heavy atom. The normalized spacial score (nSPS) is 27.4. The third-order valence-electron chi connectivity index (χ3n) is 5.60. The number of aliphatic hydroxyl groups is 1.